The summed E-state index contributed by atoms with van der Waals surface area (Å²) >= 11 is 4.96. The molecule has 0 amide bonds. The lowest BCUT2D eigenvalue weighted by Crippen LogP contribution is -2.22. The van der Waals surface area contributed by atoms with Crippen LogP contribution in [0.2, 0.25) is 0 Å². The lowest BCUT2D eigenvalue weighted by Gasteiger charge is -2.14. The Bertz CT molecular complexity index is 1630. The summed E-state index contributed by atoms with van der Waals surface area (Å²) in [5, 5.41) is 0. The standard InChI is InChI=1S/C27H23BrN2O4S/c1-17-7-5-8-19(13-17)33-11-6-12-34-25-20(28)14-18(15-23(25)32-2)16-24-26(31)30-22-10-4-3-9-21(22)29-27(30)35-24/h3-5,7-10,13-16H,6,11-12H2,1-2H3/b24-16-. The van der Waals surface area contributed by atoms with Crippen LogP contribution in [0.15, 0.2) is 69.9 Å². The molecule has 0 N–H and O–H groups in total. The highest BCUT2D eigenvalue weighted by atomic mass is 79.9. The highest BCUT2D eigenvalue weighted by Crippen LogP contribution is 2.37. The molecule has 2 heterocycles. The molecule has 8 heteroatoms. The van der Waals surface area contributed by atoms with Gasteiger partial charge in [-0.1, -0.05) is 35.6 Å². The molecule has 0 aliphatic carbocycles. The first-order chi connectivity index (χ1) is 17.0. The quantitative estimate of drug-likeness (QED) is 0.242. The number of nitrogens with zero attached hydrogens (tertiary/aromatic N) is 2. The van der Waals surface area contributed by atoms with Gasteiger partial charge < -0.3 is 14.2 Å². The Kier molecular flexibility index (Phi) is 6.74. The van der Waals surface area contributed by atoms with Gasteiger partial charge in [0.15, 0.2) is 16.5 Å². The van der Waals surface area contributed by atoms with Gasteiger partial charge in [0.25, 0.3) is 5.56 Å². The highest BCUT2D eigenvalue weighted by molar-refractivity contribution is 9.10. The summed E-state index contributed by atoms with van der Waals surface area (Å²) < 4.78 is 20.4. The van der Waals surface area contributed by atoms with Gasteiger partial charge in [-0.15, -0.1) is 0 Å². The van der Waals surface area contributed by atoms with Gasteiger partial charge in [-0.05, 0) is 76.5 Å². The van der Waals surface area contributed by atoms with Gasteiger partial charge in [-0.25, -0.2) is 9.38 Å². The Balaban J connectivity index is 1.33. The molecular formula is C27H23BrN2O4S. The minimum absolute atomic E-state index is 0.0808. The van der Waals surface area contributed by atoms with Crippen LogP contribution in [0.1, 0.15) is 17.5 Å². The molecule has 0 atom stereocenters. The van der Waals surface area contributed by atoms with Crippen molar-refractivity contribution in [2.75, 3.05) is 20.3 Å². The van der Waals surface area contributed by atoms with E-state index in [0.717, 1.165) is 33.2 Å². The van der Waals surface area contributed by atoms with E-state index in [9.17, 15) is 4.79 Å². The first-order valence-corrected chi connectivity index (χ1v) is 12.8. The zero-order valence-corrected chi connectivity index (χ0v) is 21.7. The zero-order valence-electron chi connectivity index (χ0n) is 19.3. The first-order valence-electron chi connectivity index (χ1n) is 11.1. The number of ether oxygens (including phenoxy) is 3. The van der Waals surface area contributed by atoms with E-state index in [2.05, 4.69) is 20.9 Å². The molecule has 2 aromatic heterocycles. The molecule has 0 spiro atoms. The van der Waals surface area contributed by atoms with Gasteiger partial charge >= 0.3 is 0 Å². The van der Waals surface area contributed by atoms with Crippen LogP contribution in [0.25, 0.3) is 22.1 Å². The number of rotatable bonds is 8. The molecule has 0 aliphatic rings. The summed E-state index contributed by atoms with van der Waals surface area (Å²) in [6, 6.07) is 19.4. The van der Waals surface area contributed by atoms with Gasteiger partial charge in [-0.2, -0.15) is 0 Å². The topological polar surface area (TPSA) is 62.1 Å². The van der Waals surface area contributed by atoms with E-state index in [-0.39, 0.29) is 5.56 Å². The number of thiazole rings is 1. The molecule has 0 aliphatic heterocycles. The molecule has 3 aromatic carbocycles. The fourth-order valence-electron chi connectivity index (χ4n) is 3.85. The summed E-state index contributed by atoms with van der Waals surface area (Å²) in [4.78, 5) is 18.3. The number of benzene rings is 3. The van der Waals surface area contributed by atoms with Gasteiger partial charge in [0.2, 0.25) is 0 Å². The lowest BCUT2D eigenvalue weighted by atomic mass is 10.2. The number of imidazole rings is 1. The average molecular weight is 551 g/mol. The van der Waals surface area contributed by atoms with Crippen LogP contribution in [-0.2, 0) is 0 Å². The maximum atomic E-state index is 13.1. The van der Waals surface area contributed by atoms with Crippen molar-refractivity contribution < 1.29 is 14.2 Å². The van der Waals surface area contributed by atoms with E-state index >= 15 is 0 Å². The van der Waals surface area contributed by atoms with E-state index in [4.69, 9.17) is 14.2 Å². The molecule has 35 heavy (non-hydrogen) atoms. The Hall–Kier alpha value is -3.36. The molecule has 5 rings (SSSR count). The number of para-hydroxylation sites is 2. The predicted octanol–water partition coefficient (Wildman–Crippen LogP) is 5.38. The van der Waals surface area contributed by atoms with Crippen molar-refractivity contribution in [1.82, 2.24) is 9.38 Å². The average Bonchev–Trinajstić information content (AvgIpc) is 3.35. The maximum absolute atomic E-state index is 13.1. The van der Waals surface area contributed by atoms with Gasteiger partial charge in [-0.3, -0.25) is 4.79 Å². The lowest BCUT2D eigenvalue weighted by molar-refractivity contribution is 0.239. The van der Waals surface area contributed by atoms with Crippen LogP contribution in [0.5, 0.6) is 17.2 Å². The summed E-state index contributed by atoms with van der Waals surface area (Å²) in [5.41, 5.74) is 3.55. The number of halogens is 1. The monoisotopic (exact) mass is 550 g/mol. The van der Waals surface area contributed by atoms with Crippen molar-refractivity contribution in [2.45, 2.75) is 13.3 Å². The number of aryl methyl sites for hydroxylation is 1. The highest BCUT2D eigenvalue weighted by Gasteiger charge is 2.13. The second-order valence-electron chi connectivity index (χ2n) is 8.04. The smallest absolute Gasteiger partial charge is 0.274 e. The van der Waals surface area contributed by atoms with Crippen molar-refractivity contribution in [3.05, 3.63) is 91.1 Å². The molecule has 0 fully saturated rings. The van der Waals surface area contributed by atoms with Crippen molar-refractivity contribution in [1.29, 1.82) is 0 Å². The van der Waals surface area contributed by atoms with E-state index in [1.54, 1.807) is 11.5 Å². The molecule has 0 saturated heterocycles. The van der Waals surface area contributed by atoms with Crippen LogP contribution in [0.3, 0.4) is 0 Å². The van der Waals surface area contributed by atoms with E-state index in [1.807, 2.05) is 73.7 Å². The van der Waals surface area contributed by atoms with Crippen molar-refractivity contribution in [2.24, 2.45) is 0 Å². The van der Waals surface area contributed by atoms with Gasteiger partial charge in [0.1, 0.15) is 5.75 Å². The van der Waals surface area contributed by atoms with E-state index in [0.29, 0.717) is 34.2 Å². The Morgan fingerprint density at radius 3 is 2.71 bits per heavy atom. The number of hydrogen-bond donors (Lipinski definition) is 0. The summed E-state index contributed by atoms with van der Waals surface area (Å²) in [7, 11) is 1.60. The molecular weight excluding hydrogens is 528 g/mol. The van der Waals surface area contributed by atoms with Crippen LogP contribution >= 0.6 is 27.3 Å². The van der Waals surface area contributed by atoms with Crippen LogP contribution in [-0.4, -0.2) is 29.7 Å². The molecule has 6 nitrogen and oxygen atoms in total. The van der Waals surface area contributed by atoms with Crippen molar-refractivity contribution in [3.63, 3.8) is 0 Å². The third-order valence-electron chi connectivity index (χ3n) is 5.49. The number of hydrogen-bond acceptors (Lipinski definition) is 6. The number of fused-ring (bicyclic) bond motifs is 3. The Morgan fingerprint density at radius 1 is 1.06 bits per heavy atom. The SMILES string of the molecule is COc1cc(/C=c2\sc3nc4ccccc4n3c2=O)cc(Br)c1OCCCOc1cccc(C)c1. The molecule has 0 radical (unpaired) electrons. The van der Waals surface area contributed by atoms with Crippen LogP contribution in [0, 0.1) is 6.92 Å². The molecule has 0 bridgehead atoms. The Labute approximate surface area is 214 Å². The Morgan fingerprint density at radius 2 is 1.89 bits per heavy atom. The zero-order chi connectivity index (χ0) is 24.4. The van der Waals surface area contributed by atoms with Gasteiger partial charge in [0.05, 0.1) is 40.4 Å². The minimum Gasteiger partial charge on any atom is -0.493 e. The maximum Gasteiger partial charge on any atom is 0.274 e. The molecule has 0 unspecified atom stereocenters. The van der Waals surface area contributed by atoms with Gasteiger partial charge in [0, 0.05) is 6.42 Å². The largest absolute Gasteiger partial charge is 0.493 e. The fourth-order valence-corrected chi connectivity index (χ4v) is 5.42. The third-order valence-corrected chi connectivity index (χ3v) is 7.05. The number of methoxy groups -OCH3 is 1. The van der Waals surface area contributed by atoms with Crippen LogP contribution in [0.4, 0.5) is 0 Å². The van der Waals surface area contributed by atoms with Crippen molar-refractivity contribution in [3.8, 4) is 17.2 Å². The van der Waals surface area contributed by atoms with Crippen molar-refractivity contribution >= 4 is 49.3 Å². The summed E-state index contributed by atoms with van der Waals surface area (Å²) in [6.07, 6.45) is 2.57. The predicted molar refractivity (Wildman–Crippen MR) is 143 cm³/mol. The van der Waals surface area contributed by atoms with Crippen LogP contribution < -0.4 is 24.3 Å². The minimum atomic E-state index is -0.0808. The second-order valence-corrected chi connectivity index (χ2v) is 9.90. The summed E-state index contributed by atoms with van der Waals surface area (Å²) in [5.74, 6) is 2.06. The first kappa shape index (κ1) is 23.4. The third kappa shape index (κ3) is 4.90. The molecule has 178 valence electrons. The normalized spacial score (nSPS) is 11.9. The fraction of sp³-hybridized carbons (Fsp3) is 0.185. The van der Waals surface area contributed by atoms with E-state index < -0.39 is 0 Å². The molecule has 0 saturated carbocycles. The number of aromatic nitrogens is 2. The second kappa shape index (κ2) is 10.1. The molecule has 5 aromatic rings. The van der Waals surface area contributed by atoms with E-state index in [1.165, 1.54) is 16.9 Å². The summed E-state index contributed by atoms with van der Waals surface area (Å²) in [6.45, 7) is 3.07.